The van der Waals surface area contributed by atoms with Crippen molar-refractivity contribution in [2.24, 2.45) is 71.9 Å². The van der Waals surface area contributed by atoms with Gasteiger partial charge >= 0.3 is 113 Å². The fraction of sp³-hybridized carbons (Fsp3) is 0.760. The average Bonchev–Trinajstić information content (AvgIpc) is 0.841. The van der Waals surface area contributed by atoms with Crippen LogP contribution in [-0.2, 0) is 138 Å². The van der Waals surface area contributed by atoms with Crippen molar-refractivity contribution in [3.05, 3.63) is 35.4 Å². The molecule has 0 spiro atoms. The van der Waals surface area contributed by atoms with E-state index in [2.05, 4.69) is 13.8 Å². The first-order valence-electron chi connectivity index (χ1n) is 49.1. The Kier molecular flexibility index (Phi) is 71.0. The lowest BCUT2D eigenvalue weighted by Gasteiger charge is -2.29. The Morgan fingerprint density at radius 1 is 0.324 bits per heavy atom. The molecule has 41 heteroatoms. The molecule has 0 heterocycles. The van der Waals surface area contributed by atoms with Gasteiger partial charge in [-0.25, -0.2) is 9.59 Å². The lowest BCUT2D eigenvalue weighted by Crippen LogP contribution is -2.39. The van der Waals surface area contributed by atoms with E-state index < -0.39 is 193 Å². The van der Waals surface area contributed by atoms with Crippen LogP contribution >= 0.6 is 35.3 Å². The molecule has 0 radical (unpaired) electrons. The van der Waals surface area contributed by atoms with Crippen molar-refractivity contribution in [2.75, 3.05) is 95.0 Å². The lowest BCUT2D eigenvalue weighted by atomic mass is 9.79. The maximum atomic E-state index is 12.8. The van der Waals surface area contributed by atoms with E-state index in [4.69, 9.17) is 82.4 Å². The zero-order valence-electron chi connectivity index (χ0n) is 91.9. The van der Waals surface area contributed by atoms with Gasteiger partial charge in [0.2, 0.25) is 0 Å². The Hall–Kier alpha value is -9.80. The predicted octanol–water partition coefficient (Wildman–Crippen LogP) is 18.2. The van der Waals surface area contributed by atoms with Crippen LogP contribution in [0.1, 0.15) is 343 Å². The van der Waals surface area contributed by atoms with Gasteiger partial charge in [-0.15, -0.1) is 0 Å². The van der Waals surface area contributed by atoms with Gasteiger partial charge in [0, 0.05) is 34.5 Å². The standard InChI is InChI=1S/C28H48O10S.C26H42O10S.C26H36O10S.4C6H12O2/c1-8-11-20(9-2)16-36-26(34)28(6,7)19-39-15-14-23(31)35-17-21(38-24(32)13-12-22(29)30)18-37-25(33)27(4,5)10-3;2*1-7-25(2,3)24(32)35-15-17(36-22(30)19-11-9-8-10-18(19)21(28)29)14-34-20(27)12-13-37-16-26(4,5)23(31)33-6;4*1-4-6(2,3)5(7)8/h20-21H,8-19H2,1-7H3,(H,29,30);17-19H,7-16H2,1-6H3,(H,28,29);8-11,17H,7,12-16H2,1-6H3,(H,28,29);4*4H2,1-3H3,(H,7,8). The quantitative estimate of drug-likeness (QED) is 0.0181. The largest absolute Gasteiger partial charge is 0.481 e. The summed E-state index contributed by atoms with van der Waals surface area (Å²) >= 11 is 4.22. The molecule has 6 atom stereocenters. The van der Waals surface area contributed by atoms with Gasteiger partial charge in [0.05, 0.1) is 130 Å². The number of ether oxygens (including phenoxy) is 12. The van der Waals surface area contributed by atoms with Crippen LogP contribution in [0, 0.1) is 71.9 Å². The summed E-state index contributed by atoms with van der Waals surface area (Å²) in [5, 5.41) is 61.3. The molecule has 1 aromatic rings. The molecule has 2 rings (SSSR count). The molecule has 0 aliphatic heterocycles. The normalized spacial score (nSPS) is 14.0. The second-order valence-corrected chi connectivity index (χ2v) is 44.5. The Labute approximate surface area is 871 Å². The predicted molar refractivity (Wildman–Crippen MR) is 548 cm³/mol. The molecule has 0 amide bonds. The Balaban J connectivity index is -0.000000582. The third-order valence-corrected chi connectivity index (χ3v) is 28.6. The molecule has 145 heavy (non-hydrogen) atoms. The maximum absolute atomic E-state index is 12.8. The van der Waals surface area contributed by atoms with Crippen LogP contribution in [0.4, 0.5) is 0 Å². The minimum absolute atomic E-state index is 0.0348. The number of carboxylic acids is 7. The van der Waals surface area contributed by atoms with Crippen molar-refractivity contribution < 1.29 is 184 Å². The number of carboxylic acid groups (broad SMARTS) is 7. The highest BCUT2D eigenvalue weighted by Gasteiger charge is 2.41. The van der Waals surface area contributed by atoms with Gasteiger partial charge in [0.25, 0.3) is 0 Å². The van der Waals surface area contributed by atoms with E-state index in [0.717, 1.165) is 25.7 Å². The topological polar surface area (TPSA) is 577 Å². The van der Waals surface area contributed by atoms with Gasteiger partial charge in [-0.1, -0.05) is 100 Å². The zero-order valence-corrected chi connectivity index (χ0v) is 94.4. The van der Waals surface area contributed by atoms with Crippen molar-refractivity contribution in [2.45, 2.75) is 341 Å². The highest BCUT2D eigenvalue weighted by Crippen LogP contribution is 2.34. The van der Waals surface area contributed by atoms with Crippen molar-refractivity contribution in [3.8, 4) is 0 Å². The number of esters is 12. The van der Waals surface area contributed by atoms with E-state index in [1.54, 1.807) is 125 Å². The molecular weight excluding hydrogens is 1950 g/mol. The zero-order chi connectivity index (χ0) is 114. The summed E-state index contributed by atoms with van der Waals surface area (Å²) in [5.74, 6) is -11.6. The maximum Gasteiger partial charge on any atom is 0.339 e. The summed E-state index contributed by atoms with van der Waals surface area (Å²) in [6.45, 7) is 50.2. The molecule has 1 aliphatic rings. The average molecular weight is 2130 g/mol. The number of methoxy groups -OCH3 is 2. The number of hydrogen-bond acceptors (Lipinski definition) is 34. The van der Waals surface area contributed by atoms with Gasteiger partial charge in [-0.2, -0.15) is 35.3 Å². The van der Waals surface area contributed by atoms with Gasteiger partial charge < -0.3 is 92.6 Å². The van der Waals surface area contributed by atoms with Crippen molar-refractivity contribution in [1.29, 1.82) is 0 Å². The fourth-order valence-electron chi connectivity index (χ4n) is 10.1. The smallest absolute Gasteiger partial charge is 0.339 e. The number of rotatable bonds is 59. The van der Waals surface area contributed by atoms with Gasteiger partial charge in [0.1, 0.15) is 39.6 Å². The molecule has 0 saturated heterocycles. The second-order valence-electron chi connectivity index (χ2n) is 41.2. The van der Waals surface area contributed by atoms with Crippen LogP contribution in [0.3, 0.4) is 0 Å². The summed E-state index contributed by atoms with van der Waals surface area (Å²) in [5.41, 5.74) is -6.94. The molecule has 0 aromatic heterocycles. The molecule has 1 aliphatic carbocycles. The molecule has 6 unspecified atom stereocenters. The summed E-state index contributed by atoms with van der Waals surface area (Å²) in [6.07, 6.45) is 5.68. The minimum atomic E-state index is -1.31. The molecule has 1 aromatic carbocycles. The number of thioether (sulfide) groups is 3. The molecule has 38 nitrogen and oxygen atoms in total. The number of aliphatic carboxylic acids is 6. The van der Waals surface area contributed by atoms with Crippen molar-refractivity contribution >= 4 is 149 Å². The minimum Gasteiger partial charge on any atom is -0.481 e. The number of carbonyl (C=O) groups excluding carboxylic acids is 12. The van der Waals surface area contributed by atoms with E-state index in [1.807, 2.05) is 62.3 Å². The van der Waals surface area contributed by atoms with E-state index in [-0.39, 0.29) is 87.8 Å². The Morgan fingerprint density at radius 2 is 0.607 bits per heavy atom. The summed E-state index contributed by atoms with van der Waals surface area (Å²) in [6, 6.07) is 5.52. The number of hydrogen-bond donors (Lipinski definition) is 7. The highest BCUT2D eigenvalue weighted by atomic mass is 32.2. The van der Waals surface area contributed by atoms with Crippen LogP contribution in [0.25, 0.3) is 0 Å². The fourth-order valence-corrected chi connectivity index (χ4v) is 13.4. The van der Waals surface area contributed by atoms with Crippen LogP contribution in [0.15, 0.2) is 24.3 Å². The summed E-state index contributed by atoms with van der Waals surface area (Å²) in [4.78, 5) is 222. The highest BCUT2D eigenvalue weighted by molar-refractivity contribution is 7.99. The monoisotopic (exact) mass is 2130 g/mol. The first-order chi connectivity index (χ1) is 66.7. The molecule has 1 saturated carbocycles. The molecule has 0 bridgehead atoms. The van der Waals surface area contributed by atoms with E-state index in [0.29, 0.717) is 111 Å². The number of aromatic carboxylic acids is 1. The van der Waals surface area contributed by atoms with E-state index in [1.165, 1.54) is 73.8 Å². The lowest BCUT2D eigenvalue weighted by molar-refractivity contribution is -0.176. The summed E-state index contributed by atoms with van der Waals surface area (Å²) in [7, 11) is 2.64. The van der Waals surface area contributed by atoms with Crippen LogP contribution < -0.4 is 0 Å². The van der Waals surface area contributed by atoms with Gasteiger partial charge in [0.15, 0.2) is 18.3 Å². The van der Waals surface area contributed by atoms with E-state index >= 15 is 0 Å². The second kappa shape index (κ2) is 71.7. The van der Waals surface area contributed by atoms with Crippen LogP contribution in [0.2, 0.25) is 0 Å². The third-order valence-electron chi connectivity index (χ3n) is 24.3. The molecular formula is C104H174O38S3. The van der Waals surface area contributed by atoms with E-state index in [9.17, 15) is 101 Å². The summed E-state index contributed by atoms with van der Waals surface area (Å²) < 4.78 is 62.8. The molecule has 1 fully saturated rings. The third kappa shape index (κ3) is 62.2. The van der Waals surface area contributed by atoms with Crippen molar-refractivity contribution in [3.63, 3.8) is 0 Å². The van der Waals surface area contributed by atoms with Crippen molar-refractivity contribution in [1.82, 2.24) is 0 Å². The number of benzene rings is 1. The molecule has 836 valence electrons. The first-order valence-corrected chi connectivity index (χ1v) is 52.5. The molecule has 7 N–H and O–H groups in total. The SMILES string of the molecule is CCC(C)(C)C(=O)O.CCC(C)(C)C(=O)O.CCC(C)(C)C(=O)O.CCC(C)(C)C(=O)O.CCC(C)(C)C(=O)OCC(COC(=O)CCSCC(C)(C)C(=O)OC)OC(=O)C1CCCCC1C(=O)O.CCC(C)(C)C(=O)OCC(COC(=O)CCSCC(C)(C)C(=O)OC)OC(=O)c1ccccc1C(=O)O.CCCC(CC)COC(=O)C(C)(C)CSCCC(=O)OCC(COC(=O)C(C)(C)CC)OC(=O)CCC(=O)O. The Bertz CT molecular complexity index is 4090. The van der Waals surface area contributed by atoms with Crippen LogP contribution in [-0.4, -0.2) is 262 Å². The Morgan fingerprint density at radius 3 is 0.883 bits per heavy atom. The first kappa shape index (κ1) is 144. The number of carbonyl (C=O) groups is 19. The van der Waals surface area contributed by atoms with Gasteiger partial charge in [-0.05, 0) is 221 Å². The van der Waals surface area contributed by atoms with Crippen LogP contribution in [0.5, 0.6) is 0 Å². The van der Waals surface area contributed by atoms with Gasteiger partial charge in [-0.3, -0.25) is 81.5 Å².